The summed E-state index contributed by atoms with van der Waals surface area (Å²) in [5, 5.41) is 32.2. The fraction of sp³-hybridized carbons (Fsp3) is 0.500. The molecule has 1 atom stereocenters. The van der Waals surface area contributed by atoms with Gasteiger partial charge in [-0.3, -0.25) is 0 Å². The standard InChI is InChI=1S/C4H4O4.C4H10O3/c5-3(6)1-2-4(7)8;1-7-3-4(6)2-5/h1-2H,(H,5,6)(H,7,8);4-6H,2-3H2,1H3/b2-1+;. The number of ether oxygens (including phenoxy) is 1. The molecule has 0 bridgehead atoms. The number of carboxylic acids is 2. The largest absolute Gasteiger partial charge is 0.478 e. The SMILES string of the molecule is COCC(O)CO.O=C(O)/C=C/C(=O)O. The Morgan fingerprint density at radius 3 is 1.80 bits per heavy atom. The fourth-order valence-corrected chi connectivity index (χ4v) is 0.388. The summed E-state index contributed by atoms with van der Waals surface area (Å²) in [6, 6.07) is 0. The summed E-state index contributed by atoms with van der Waals surface area (Å²) in [7, 11) is 1.47. The Balaban J connectivity index is 0. The van der Waals surface area contributed by atoms with E-state index in [0.717, 1.165) is 0 Å². The van der Waals surface area contributed by atoms with Gasteiger partial charge >= 0.3 is 11.9 Å². The average molecular weight is 222 g/mol. The Bertz CT molecular complexity index is 195. The van der Waals surface area contributed by atoms with Crippen LogP contribution in [0, 0.1) is 0 Å². The molecular weight excluding hydrogens is 208 g/mol. The summed E-state index contributed by atoms with van der Waals surface area (Å²) in [5.74, 6) is -2.51. The van der Waals surface area contributed by atoms with E-state index in [2.05, 4.69) is 4.74 Å². The molecule has 15 heavy (non-hydrogen) atoms. The Hall–Kier alpha value is -1.44. The third kappa shape index (κ3) is 19.1. The van der Waals surface area contributed by atoms with Crippen molar-refractivity contribution in [3.05, 3.63) is 12.2 Å². The molecule has 0 aliphatic heterocycles. The molecule has 1 unspecified atom stereocenters. The number of rotatable bonds is 5. The first kappa shape index (κ1) is 16.0. The van der Waals surface area contributed by atoms with Crippen LogP contribution in [0.2, 0.25) is 0 Å². The number of aliphatic hydroxyl groups is 2. The van der Waals surface area contributed by atoms with E-state index in [0.29, 0.717) is 12.2 Å². The van der Waals surface area contributed by atoms with Gasteiger partial charge in [-0.2, -0.15) is 0 Å². The minimum absolute atomic E-state index is 0.205. The zero-order valence-electron chi connectivity index (χ0n) is 8.16. The maximum Gasteiger partial charge on any atom is 0.328 e. The van der Waals surface area contributed by atoms with E-state index in [1.165, 1.54) is 7.11 Å². The lowest BCUT2D eigenvalue weighted by molar-refractivity contribution is -0.134. The molecule has 0 aromatic rings. The summed E-state index contributed by atoms with van der Waals surface area (Å²) >= 11 is 0. The van der Waals surface area contributed by atoms with Crippen LogP contribution < -0.4 is 0 Å². The molecule has 0 saturated heterocycles. The van der Waals surface area contributed by atoms with Crippen LogP contribution >= 0.6 is 0 Å². The topological polar surface area (TPSA) is 124 Å². The fourth-order valence-electron chi connectivity index (χ4n) is 0.388. The molecule has 0 radical (unpaired) electrons. The average Bonchev–Trinajstić information content (AvgIpc) is 2.16. The zero-order valence-corrected chi connectivity index (χ0v) is 8.16. The van der Waals surface area contributed by atoms with Gasteiger partial charge in [0.1, 0.15) is 6.10 Å². The Labute approximate surface area is 86.2 Å². The van der Waals surface area contributed by atoms with Gasteiger partial charge in [-0.25, -0.2) is 9.59 Å². The van der Waals surface area contributed by atoms with Gasteiger partial charge in [0.05, 0.1) is 13.2 Å². The summed E-state index contributed by atoms with van der Waals surface area (Å²) in [6.07, 6.45) is 0.398. The van der Waals surface area contributed by atoms with E-state index in [9.17, 15) is 9.59 Å². The van der Waals surface area contributed by atoms with Crippen molar-refractivity contribution in [1.82, 2.24) is 0 Å². The quantitative estimate of drug-likeness (QED) is 0.426. The molecule has 0 aromatic carbocycles. The highest BCUT2D eigenvalue weighted by atomic mass is 16.5. The summed E-state index contributed by atoms with van der Waals surface area (Å²) in [6.45, 7) is -0.0235. The van der Waals surface area contributed by atoms with Crippen molar-refractivity contribution in [2.24, 2.45) is 0 Å². The van der Waals surface area contributed by atoms with Crippen LogP contribution in [0.15, 0.2) is 12.2 Å². The second-order valence-corrected chi connectivity index (χ2v) is 2.30. The highest BCUT2D eigenvalue weighted by Crippen LogP contribution is 1.77. The van der Waals surface area contributed by atoms with Crippen molar-refractivity contribution < 1.29 is 34.8 Å². The molecule has 7 heteroatoms. The third-order valence-corrected chi connectivity index (χ3v) is 0.938. The van der Waals surface area contributed by atoms with Crippen LogP contribution in [0.4, 0.5) is 0 Å². The van der Waals surface area contributed by atoms with Gasteiger partial charge in [0.25, 0.3) is 0 Å². The number of methoxy groups -OCH3 is 1. The normalized spacial score (nSPS) is 11.7. The molecule has 88 valence electrons. The van der Waals surface area contributed by atoms with Crippen LogP contribution in [0.1, 0.15) is 0 Å². The molecule has 0 rings (SSSR count). The highest BCUT2D eigenvalue weighted by molar-refractivity contribution is 5.89. The van der Waals surface area contributed by atoms with E-state index >= 15 is 0 Å². The maximum absolute atomic E-state index is 9.55. The maximum atomic E-state index is 9.55. The van der Waals surface area contributed by atoms with Gasteiger partial charge in [0.15, 0.2) is 0 Å². The van der Waals surface area contributed by atoms with Crippen molar-refractivity contribution in [2.75, 3.05) is 20.3 Å². The van der Waals surface area contributed by atoms with Crippen molar-refractivity contribution >= 4 is 11.9 Å². The molecule has 0 amide bonds. The lowest BCUT2D eigenvalue weighted by atomic mass is 10.4. The Morgan fingerprint density at radius 2 is 1.67 bits per heavy atom. The van der Waals surface area contributed by atoms with E-state index in [1.807, 2.05) is 0 Å². The van der Waals surface area contributed by atoms with E-state index in [-0.39, 0.29) is 13.2 Å². The predicted molar refractivity (Wildman–Crippen MR) is 49.4 cm³/mol. The minimum Gasteiger partial charge on any atom is -0.478 e. The first-order chi connectivity index (χ1) is 6.93. The first-order valence-electron chi connectivity index (χ1n) is 3.85. The molecule has 0 aromatic heterocycles. The van der Waals surface area contributed by atoms with Crippen LogP contribution in [-0.2, 0) is 14.3 Å². The molecule has 0 spiro atoms. The van der Waals surface area contributed by atoms with Crippen LogP contribution in [-0.4, -0.2) is 58.8 Å². The van der Waals surface area contributed by atoms with E-state index < -0.39 is 18.0 Å². The lowest BCUT2D eigenvalue weighted by Crippen LogP contribution is -2.17. The van der Waals surface area contributed by atoms with Gasteiger partial charge in [-0.15, -0.1) is 0 Å². The van der Waals surface area contributed by atoms with Gasteiger partial charge in [-0.1, -0.05) is 0 Å². The molecule has 4 N–H and O–H groups in total. The van der Waals surface area contributed by atoms with Gasteiger partial charge in [0, 0.05) is 19.3 Å². The van der Waals surface area contributed by atoms with Crippen molar-refractivity contribution in [2.45, 2.75) is 6.10 Å². The number of hydrogen-bond donors (Lipinski definition) is 4. The summed E-state index contributed by atoms with van der Waals surface area (Å²) < 4.78 is 4.48. The van der Waals surface area contributed by atoms with Crippen molar-refractivity contribution in [3.63, 3.8) is 0 Å². The summed E-state index contributed by atoms with van der Waals surface area (Å²) in [4.78, 5) is 19.1. The van der Waals surface area contributed by atoms with Crippen LogP contribution in [0.5, 0.6) is 0 Å². The number of aliphatic carboxylic acids is 2. The monoisotopic (exact) mass is 222 g/mol. The predicted octanol–water partition coefficient (Wildman–Crippen LogP) is -1.30. The number of carboxylic acid groups (broad SMARTS) is 2. The van der Waals surface area contributed by atoms with Crippen molar-refractivity contribution in [1.29, 1.82) is 0 Å². The van der Waals surface area contributed by atoms with Crippen LogP contribution in [0.25, 0.3) is 0 Å². The van der Waals surface area contributed by atoms with E-state index in [1.54, 1.807) is 0 Å². The minimum atomic E-state index is -1.26. The molecule has 0 saturated carbocycles. The number of hydrogen-bond acceptors (Lipinski definition) is 5. The molecule has 0 fully saturated rings. The second kappa shape index (κ2) is 10.6. The Kier molecular flexibility index (Phi) is 11.4. The first-order valence-corrected chi connectivity index (χ1v) is 3.85. The number of aliphatic hydroxyl groups excluding tert-OH is 2. The lowest BCUT2D eigenvalue weighted by Gasteiger charge is -2.01. The number of carbonyl (C=O) groups is 2. The van der Waals surface area contributed by atoms with Crippen LogP contribution in [0.3, 0.4) is 0 Å². The smallest absolute Gasteiger partial charge is 0.328 e. The molecule has 0 heterocycles. The van der Waals surface area contributed by atoms with Gasteiger partial charge < -0.3 is 25.2 Å². The zero-order chi connectivity index (χ0) is 12.3. The molecule has 0 aliphatic rings. The molecule has 7 nitrogen and oxygen atoms in total. The second-order valence-electron chi connectivity index (χ2n) is 2.30. The van der Waals surface area contributed by atoms with Gasteiger partial charge in [0.2, 0.25) is 0 Å². The van der Waals surface area contributed by atoms with Crippen molar-refractivity contribution in [3.8, 4) is 0 Å². The summed E-state index contributed by atoms with van der Waals surface area (Å²) in [5.41, 5.74) is 0. The highest BCUT2D eigenvalue weighted by Gasteiger charge is 1.96. The molecular formula is C8H14O7. The van der Waals surface area contributed by atoms with E-state index in [4.69, 9.17) is 20.4 Å². The van der Waals surface area contributed by atoms with Gasteiger partial charge in [-0.05, 0) is 0 Å². The Morgan fingerprint density at radius 1 is 1.27 bits per heavy atom. The third-order valence-electron chi connectivity index (χ3n) is 0.938. The molecule has 0 aliphatic carbocycles.